The molecule has 1 aliphatic rings. The lowest BCUT2D eigenvalue weighted by atomic mass is 10.1. The van der Waals surface area contributed by atoms with Crippen LogP contribution in [0.5, 0.6) is 0 Å². The second-order valence-corrected chi connectivity index (χ2v) is 6.93. The summed E-state index contributed by atoms with van der Waals surface area (Å²) in [5, 5.41) is 15.8. The van der Waals surface area contributed by atoms with E-state index in [1.165, 1.54) is 6.33 Å². The van der Waals surface area contributed by atoms with E-state index in [0.717, 1.165) is 45.1 Å². The Balaban J connectivity index is 1.80. The zero-order valence-corrected chi connectivity index (χ0v) is 14.2. The van der Waals surface area contributed by atoms with Crippen molar-refractivity contribution < 1.29 is 9.84 Å². The second kappa shape index (κ2) is 5.43. The van der Waals surface area contributed by atoms with E-state index in [1.807, 2.05) is 18.2 Å². The fourth-order valence-corrected chi connectivity index (χ4v) is 3.39. The first-order chi connectivity index (χ1) is 11.1. The molecule has 2 heterocycles. The van der Waals surface area contributed by atoms with Crippen molar-refractivity contribution in [3.05, 3.63) is 29.0 Å². The number of aromatic amines is 1. The summed E-state index contributed by atoms with van der Waals surface area (Å²) in [4.78, 5) is 12.1. The summed E-state index contributed by atoms with van der Waals surface area (Å²) in [5.41, 5.74) is 1.43. The lowest BCUT2D eigenvalue weighted by molar-refractivity contribution is 0.0463. The first-order valence-corrected chi connectivity index (χ1v) is 8.29. The van der Waals surface area contributed by atoms with Crippen molar-refractivity contribution in [1.82, 2.24) is 15.0 Å². The highest BCUT2D eigenvalue weighted by Gasteiger charge is 2.49. The highest BCUT2D eigenvalue weighted by molar-refractivity contribution is 9.10. The number of rotatable bonds is 5. The molecule has 1 aliphatic carbocycles. The molecule has 1 saturated carbocycles. The Kier molecular flexibility index (Phi) is 3.51. The number of H-pyrrole nitrogens is 1. The van der Waals surface area contributed by atoms with Crippen LogP contribution in [0, 0.1) is 0 Å². The SMILES string of the molecule is COC[C@H](O)C1(Nc2ncnc3[nH]c4cc(Br)ccc4c23)CC1. The maximum atomic E-state index is 10.3. The van der Waals surface area contributed by atoms with Gasteiger partial charge in [-0.15, -0.1) is 0 Å². The number of aliphatic hydroxyl groups is 1. The van der Waals surface area contributed by atoms with Crippen LogP contribution >= 0.6 is 15.9 Å². The topological polar surface area (TPSA) is 83.1 Å². The molecule has 0 aliphatic heterocycles. The van der Waals surface area contributed by atoms with E-state index >= 15 is 0 Å². The van der Waals surface area contributed by atoms with E-state index in [4.69, 9.17) is 4.74 Å². The van der Waals surface area contributed by atoms with Gasteiger partial charge in [0.05, 0.1) is 17.5 Å². The molecule has 120 valence electrons. The minimum Gasteiger partial charge on any atom is -0.388 e. The number of halogens is 1. The monoisotopic (exact) mass is 376 g/mol. The van der Waals surface area contributed by atoms with Crippen molar-refractivity contribution in [2.45, 2.75) is 24.5 Å². The van der Waals surface area contributed by atoms with Gasteiger partial charge < -0.3 is 20.1 Å². The Morgan fingerprint density at radius 3 is 3.00 bits per heavy atom. The molecule has 0 saturated heterocycles. The van der Waals surface area contributed by atoms with Crippen molar-refractivity contribution in [2.75, 3.05) is 19.0 Å². The molecule has 2 aromatic heterocycles. The third-order valence-electron chi connectivity index (χ3n) is 4.47. The molecule has 0 radical (unpaired) electrons. The number of methoxy groups -OCH3 is 1. The number of aromatic nitrogens is 3. The summed E-state index contributed by atoms with van der Waals surface area (Å²) < 4.78 is 6.10. The van der Waals surface area contributed by atoms with Crippen LogP contribution in [0.4, 0.5) is 5.82 Å². The van der Waals surface area contributed by atoms with Crippen LogP contribution in [-0.4, -0.2) is 45.4 Å². The third-order valence-corrected chi connectivity index (χ3v) is 4.96. The maximum absolute atomic E-state index is 10.3. The Hall–Kier alpha value is -1.70. The highest BCUT2D eigenvalue weighted by Crippen LogP contribution is 2.43. The molecule has 4 rings (SSSR count). The van der Waals surface area contributed by atoms with E-state index < -0.39 is 6.10 Å². The van der Waals surface area contributed by atoms with Crippen LogP contribution in [0.3, 0.4) is 0 Å². The summed E-state index contributed by atoms with van der Waals surface area (Å²) >= 11 is 3.48. The number of fused-ring (bicyclic) bond motifs is 3. The first-order valence-electron chi connectivity index (χ1n) is 7.50. The maximum Gasteiger partial charge on any atom is 0.143 e. The average molecular weight is 377 g/mol. The van der Waals surface area contributed by atoms with Crippen molar-refractivity contribution in [3.8, 4) is 0 Å². The van der Waals surface area contributed by atoms with E-state index in [1.54, 1.807) is 7.11 Å². The highest BCUT2D eigenvalue weighted by atomic mass is 79.9. The van der Waals surface area contributed by atoms with E-state index in [2.05, 4.69) is 36.2 Å². The standard InChI is InChI=1S/C16H17BrN4O2/c1-23-7-12(22)16(4-5-16)21-15-13-10-3-2-9(17)6-11(10)20-14(13)18-8-19-15/h2-3,6,8,12,22H,4-5,7H2,1H3,(H2,18,19,20,21)/t12-/m0/s1. The van der Waals surface area contributed by atoms with Crippen molar-refractivity contribution in [2.24, 2.45) is 0 Å². The molecule has 0 spiro atoms. The fourth-order valence-electron chi connectivity index (χ4n) is 3.03. The van der Waals surface area contributed by atoms with Crippen LogP contribution in [0.2, 0.25) is 0 Å². The molecule has 23 heavy (non-hydrogen) atoms. The van der Waals surface area contributed by atoms with E-state index in [9.17, 15) is 5.11 Å². The van der Waals surface area contributed by atoms with Gasteiger partial charge in [-0.2, -0.15) is 0 Å². The lowest BCUT2D eigenvalue weighted by Gasteiger charge is -2.23. The van der Waals surface area contributed by atoms with Crippen LogP contribution in [0.15, 0.2) is 29.0 Å². The minimum atomic E-state index is -0.558. The predicted molar refractivity (Wildman–Crippen MR) is 92.6 cm³/mol. The van der Waals surface area contributed by atoms with Gasteiger partial charge in [0, 0.05) is 22.5 Å². The Morgan fingerprint density at radius 1 is 1.43 bits per heavy atom. The summed E-state index contributed by atoms with van der Waals surface area (Å²) in [6.07, 6.45) is 2.78. The number of ether oxygens (including phenoxy) is 1. The number of hydrogen-bond acceptors (Lipinski definition) is 5. The molecule has 0 bridgehead atoms. The molecule has 1 aromatic carbocycles. The van der Waals surface area contributed by atoms with E-state index in [-0.39, 0.29) is 5.54 Å². The van der Waals surface area contributed by atoms with Crippen LogP contribution in [-0.2, 0) is 4.74 Å². The predicted octanol–water partition coefficient (Wildman–Crippen LogP) is 2.83. The smallest absolute Gasteiger partial charge is 0.143 e. The van der Waals surface area contributed by atoms with Crippen molar-refractivity contribution in [3.63, 3.8) is 0 Å². The number of aliphatic hydroxyl groups excluding tert-OH is 1. The normalized spacial score (nSPS) is 17.5. The second-order valence-electron chi connectivity index (χ2n) is 6.01. The zero-order chi connectivity index (χ0) is 16.0. The Bertz CT molecular complexity index is 875. The molecule has 0 amide bonds. The zero-order valence-electron chi connectivity index (χ0n) is 12.6. The molecule has 6 nitrogen and oxygen atoms in total. The van der Waals surface area contributed by atoms with Gasteiger partial charge in [-0.1, -0.05) is 22.0 Å². The van der Waals surface area contributed by atoms with Gasteiger partial charge in [0.25, 0.3) is 0 Å². The minimum absolute atomic E-state index is 0.308. The van der Waals surface area contributed by atoms with Gasteiger partial charge in [0.1, 0.15) is 23.9 Å². The fraction of sp³-hybridized carbons (Fsp3) is 0.375. The Labute approximate surface area is 141 Å². The molecule has 3 N–H and O–H groups in total. The van der Waals surface area contributed by atoms with Crippen molar-refractivity contribution >= 4 is 43.7 Å². The van der Waals surface area contributed by atoms with Gasteiger partial charge in [-0.25, -0.2) is 9.97 Å². The number of nitrogens with zero attached hydrogens (tertiary/aromatic N) is 2. The molecule has 3 aromatic rings. The molecular weight excluding hydrogens is 360 g/mol. The molecule has 7 heteroatoms. The van der Waals surface area contributed by atoms with Gasteiger partial charge in [-0.3, -0.25) is 0 Å². The van der Waals surface area contributed by atoms with Crippen molar-refractivity contribution in [1.29, 1.82) is 0 Å². The van der Waals surface area contributed by atoms with E-state index in [0.29, 0.717) is 6.61 Å². The largest absolute Gasteiger partial charge is 0.388 e. The average Bonchev–Trinajstić information content (AvgIpc) is 3.21. The molecule has 1 atom stereocenters. The summed E-state index contributed by atoms with van der Waals surface area (Å²) in [6, 6.07) is 6.06. The third kappa shape index (κ3) is 2.49. The van der Waals surface area contributed by atoms with Gasteiger partial charge >= 0.3 is 0 Å². The number of hydrogen-bond donors (Lipinski definition) is 3. The number of anilines is 1. The van der Waals surface area contributed by atoms with Gasteiger partial charge in [-0.05, 0) is 25.0 Å². The van der Waals surface area contributed by atoms with Gasteiger partial charge in [0.15, 0.2) is 0 Å². The number of nitrogens with one attached hydrogen (secondary N) is 2. The summed E-state index contributed by atoms with van der Waals surface area (Å²) in [7, 11) is 1.60. The quantitative estimate of drug-likeness (QED) is 0.637. The molecule has 0 unspecified atom stereocenters. The first kappa shape index (κ1) is 14.9. The lowest BCUT2D eigenvalue weighted by Crippen LogP contribution is -2.39. The molecular formula is C16H17BrN4O2. The van der Waals surface area contributed by atoms with Crippen LogP contribution < -0.4 is 5.32 Å². The Morgan fingerprint density at radius 2 is 2.26 bits per heavy atom. The molecule has 1 fully saturated rings. The van der Waals surface area contributed by atoms with Crippen LogP contribution in [0.1, 0.15) is 12.8 Å². The van der Waals surface area contributed by atoms with Gasteiger partial charge in [0.2, 0.25) is 0 Å². The summed E-state index contributed by atoms with van der Waals surface area (Å²) in [5.74, 6) is 0.747. The summed E-state index contributed by atoms with van der Waals surface area (Å²) in [6.45, 7) is 0.308. The number of benzene rings is 1. The van der Waals surface area contributed by atoms with Crippen LogP contribution in [0.25, 0.3) is 21.9 Å².